The molecule has 156 valence electrons. The fraction of sp³-hybridized carbons (Fsp3) is 0.455. The Bertz CT molecular complexity index is 870. The number of carbonyl (C=O) groups excluding carboxylic acids is 1. The molecule has 0 spiro atoms. The van der Waals surface area contributed by atoms with Crippen LogP contribution in [0.2, 0.25) is 0 Å². The summed E-state index contributed by atoms with van der Waals surface area (Å²) in [7, 11) is 3.21. The Balaban J connectivity index is 1.62. The smallest absolute Gasteiger partial charge is 0.250 e. The van der Waals surface area contributed by atoms with Crippen LogP contribution >= 0.6 is 11.3 Å². The number of ether oxygens (including phenoxy) is 2. The average molecular weight is 416 g/mol. The maximum atomic E-state index is 12.4. The van der Waals surface area contributed by atoms with Gasteiger partial charge in [0.1, 0.15) is 11.5 Å². The molecule has 2 aromatic rings. The maximum Gasteiger partial charge on any atom is 0.250 e. The van der Waals surface area contributed by atoms with Crippen LogP contribution in [-0.4, -0.2) is 43.1 Å². The highest BCUT2D eigenvalue weighted by Crippen LogP contribution is 2.27. The lowest BCUT2D eigenvalue weighted by molar-refractivity contribution is -0.111. The zero-order valence-corrected chi connectivity index (χ0v) is 18.3. The van der Waals surface area contributed by atoms with Crippen molar-refractivity contribution >= 4 is 28.5 Å². The molecule has 0 saturated carbocycles. The number of piperidine rings is 1. The van der Waals surface area contributed by atoms with Crippen molar-refractivity contribution in [2.45, 2.75) is 33.2 Å². The zero-order chi connectivity index (χ0) is 20.8. The monoisotopic (exact) mass is 415 g/mol. The van der Waals surface area contributed by atoms with Crippen LogP contribution in [0.15, 0.2) is 24.3 Å². The van der Waals surface area contributed by atoms with Crippen molar-refractivity contribution in [1.29, 1.82) is 0 Å². The largest absolute Gasteiger partial charge is 0.497 e. The molecule has 2 heterocycles. The second kappa shape index (κ2) is 9.89. The van der Waals surface area contributed by atoms with E-state index >= 15 is 0 Å². The first-order valence-electron chi connectivity index (χ1n) is 9.88. The lowest BCUT2D eigenvalue weighted by atomic mass is 9.99. The first-order valence-corrected chi connectivity index (χ1v) is 10.7. The number of carbonyl (C=O) groups is 1. The van der Waals surface area contributed by atoms with Crippen molar-refractivity contribution in [1.82, 2.24) is 9.88 Å². The molecular formula is C22H29N3O3S. The van der Waals surface area contributed by atoms with E-state index in [0.717, 1.165) is 36.8 Å². The first-order chi connectivity index (χ1) is 14.0. The third-order valence-electron chi connectivity index (χ3n) is 5.22. The van der Waals surface area contributed by atoms with Gasteiger partial charge in [0, 0.05) is 23.1 Å². The SMILES string of the molecule is COc1ccc(OC)c(/C=C/C(=O)Nc2nc(C)c(CN3CCC(C)CC3)s2)c1. The van der Waals surface area contributed by atoms with Gasteiger partial charge in [0.05, 0.1) is 19.9 Å². The fourth-order valence-electron chi connectivity index (χ4n) is 3.33. The number of nitrogens with one attached hydrogen (secondary N) is 1. The summed E-state index contributed by atoms with van der Waals surface area (Å²) in [6.07, 6.45) is 5.70. The van der Waals surface area contributed by atoms with Crippen LogP contribution in [0.25, 0.3) is 6.08 Å². The molecule has 0 bridgehead atoms. The summed E-state index contributed by atoms with van der Waals surface area (Å²) >= 11 is 1.55. The number of benzene rings is 1. The van der Waals surface area contributed by atoms with Gasteiger partial charge in [-0.1, -0.05) is 6.92 Å². The summed E-state index contributed by atoms with van der Waals surface area (Å²) in [5.74, 6) is 1.98. The number of likely N-dealkylation sites (tertiary alicyclic amines) is 1. The van der Waals surface area contributed by atoms with Gasteiger partial charge in [-0.05, 0) is 63.0 Å². The molecule has 1 saturated heterocycles. The lowest BCUT2D eigenvalue weighted by Gasteiger charge is -2.29. The Kier molecular flexibility index (Phi) is 7.28. The van der Waals surface area contributed by atoms with Gasteiger partial charge in [0.2, 0.25) is 5.91 Å². The second-order valence-electron chi connectivity index (χ2n) is 7.42. The van der Waals surface area contributed by atoms with Gasteiger partial charge in [-0.25, -0.2) is 4.98 Å². The molecule has 1 fully saturated rings. The standard InChI is InChI=1S/C22H29N3O3S/c1-15-9-11-25(12-10-15)14-20-16(2)23-22(29-20)24-21(26)8-5-17-13-18(27-3)6-7-19(17)28-4/h5-8,13,15H,9-12,14H2,1-4H3,(H,23,24,26)/b8-5+. The Morgan fingerprint density at radius 1 is 1.31 bits per heavy atom. The molecule has 1 aliphatic heterocycles. The topological polar surface area (TPSA) is 63.7 Å². The molecule has 6 nitrogen and oxygen atoms in total. The maximum absolute atomic E-state index is 12.4. The number of hydrogen-bond donors (Lipinski definition) is 1. The van der Waals surface area contributed by atoms with Crippen molar-refractivity contribution in [2.24, 2.45) is 5.92 Å². The van der Waals surface area contributed by atoms with E-state index in [1.807, 2.05) is 25.1 Å². The van der Waals surface area contributed by atoms with Crippen molar-refractivity contribution < 1.29 is 14.3 Å². The van der Waals surface area contributed by atoms with Gasteiger partial charge in [-0.2, -0.15) is 0 Å². The molecule has 0 atom stereocenters. The van der Waals surface area contributed by atoms with E-state index in [0.29, 0.717) is 16.6 Å². The third-order valence-corrected chi connectivity index (χ3v) is 6.28. The number of amides is 1. The van der Waals surface area contributed by atoms with Crippen LogP contribution < -0.4 is 14.8 Å². The van der Waals surface area contributed by atoms with Crippen molar-refractivity contribution in [3.8, 4) is 11.5 Å². The summed E-state index contributed by atoms with van der Waals surface area (Å²) in [6.45, 7) is 7.49. The molecule has 1 aliphatic rings. The van der Waals surface area contributed by atoms with Crippen LogP contribution in [0.5, 0.6) is 11.5 Å². The predicted molar refractivity (Wildman–Crippen MR) is 118 cm³/mol. The number of rotatable bonds is 7. The summed E-state index contributed by atoms with van der Waals surface area (Å²) in [4.78, 5) is 20.6. The zero-order valence-electron chi connectivity index (χ0n) is 17.5. The van der Waals surface area contributed by atoms with E-state index in [1.54, 1.807) is 31.6 Å². The minimum Gasteiger partial charge on any atom is -0.497 e. The van der Waals surface area contributed by atoms with Crippen molar-refractivity contribution in [2.75, 3.05) is 32.6 Å². The van der Waals surface area contributed by atoms with Gasteiger partial charge in [0.15, 0.2) is 5.13 Å². The average Bonchev–Trinajstić information content (AvgIpc) is 3.06. The number of anilines is 1. The molecule has 0 radical (unpaired) electrons. The molecule has 1 amide bonds. The first kappa shape index (κ1) is 21.3. The molecule has 3 rings (SSSR count). The number of methoxy groups -OCH3 is 2. The Hall–Kier alpha value is -2.38. The summed E-state index contributed by atoms with van der Waals surface area (Å²) in [5.41, 5.74) is 1.76. The van der Waals surface area contributed by atoms with Crippen LogP contribution in [0.1, 0.15) is 35.9 Å². The van der Waals surface area contributed by atoms with Crippen LogP contribution in [0.3, 0.4) is 0 Å². The summed E-state index contributed by atoms with van der Waals surface area (Å²) in [5, 5.41) is 3.51. The van der Waals surface area contributed by atoms with E-state index in [1.165, 1.54) is 23.8 Å². The summed E-state index contributed by atoms with van der Waals surface area (Å²) < 4.78 is 10.6. The van der Waals surface area contributed by atoms with E-state index < -0.39 is 0 Å². The van der Waals surface area contributed by atoms with Crippen LogP contribution in [0.4, 0.5) is 5.13 Å². The highest BCUT2D eigenvalue weighted by atomic mass is 32.1. The van der Waals surface area contributed by atoms with E-state index in [2.05, 4.69) is 22.1 Å². The quantitative estimate of drug-likeness (QED) is 0.681. The van der Waals surface area contributed by atoms with Gasteiger partial charge in [-0.3, -0.25) is 15.0 Å². The minimum absolute atomic E-state index is 0.220. The van der Waals surface area contributed by atoms with Crippen molar-refractivity contribution in [3.05, 3.63) is 40.4 Å². The fourth-order valence-corrected chi connectivity index (χ4v) is 4.34. The number of aryl methyl sites for hydroxylation is 1. The minimum atomic E-state index is -0.220. The van der Waals surface area contributed by atoms with E-state index in [-0.39, 0.29) is 5.91 Å². The summed E-state index contributed by atoms with van der Waals surface area (Å²) in [6, 6.07) is 5.46. The molecule has 29 heavy (non-hydrogen) atoms. The van der Waals surface area contributed by atoms with Crippen LogP contribution in [-0.2, 0) is 11.3 Å². The molecule has 1 aromatic heterocycles. The van der Waals surface area contributed by atoms with Gasteiger partial charge in [-0.15, -0.1) is 11.3 Å². The third kappa shape index (κ3) is 5.81. The number of hydrogen-bond acceptors (Lipinski definition) is 6. The Labute approximate surface area is 176 Å². The number of aromatic nitrogens is 1. The van der Waals surface area contributed by atoms with Gasteiger partial charge < -0.3 is 9.47 Å². The predicted octanol–water partition coefficient (Wildman–Crippen LogP) is 4.35. The lowest BCUT2D eigenvalue weighted by Crippen LogP contribution is -2.32. The molecule has 0 unspecified atom stereocenters. The number of nitrogens with zero attached hydrogens (tertiary/aromatic N) is 2. The highest BCUT2D eigenvalue weighted by molar-refractivity contribution is 7.15. The number of thiazole rings is 1. The van der Waals surface area contributed by atoms with E-state index in [9.17, 15) is 4.79 Å². The molecule has 1 N–H and O–H groups in total. The molecule has 1 aromatic carbocycles. The molecular weight excluding hydrogens is 386 g/mol. The van der Waals surface area contributed by atoms with Gasteiger partial charge in [0.25, 0.3) is 0 Å². The van der Waals surface area contributed by atoms with Crippen LogP contribution in [0, 0.1) is 12.8 Å². The van der Waals surface area contributed by atoms with E-state index in [4.69, 9.17) is 9.47 Å². The molecule has 7 heteroatoms. The van der Waals surface area contributed by atoms with Crippen molar-refractivity contribution in [3.63, 3.8) is 0 Å². The Morgan fingerprint density at radius 2 is 2.07 bits per heavy atom. The highest BCUT2D eigenvalue weighted by Gasteiger charge is 2.18. The normalized spacial score (nSPS) is 15.6. The van der Waals surface area contributed by atoms with Gasteiger partial charge >= 0.3 is 0 Å². The second-order valence-corrected chi connectivity index (χ2v) is 8.50. The molecule has 0 aliphatic carbocycles. The Morgan fingerprint density at radius 3 is 2.76 bits per heavy atom.